The van der Waals surface area contributed by atoms with E-state index in [-0.39, 0.29) is 6.61 Å². The minimum absolute atomic E-state index is 0.114. The van der Waals surface area contributed by atoms with Crippen LogP contribution in [0.4, 0.5) is 5.82 Å². The first-order valence-corrected chi connectivity index (χ1v) is 8.62. The first-order chi connectivity index (χ1) is 12.5. The number of benzene rings is 1. The van der Waals surface area contributed by atoms with Crippen LogP contribution >= 0.6 is 0 Å². The van der Waals surface area contributed by atoms with Gasteiger partial charge in [0.05, 0.1) is 22.8 Å². The summed E-state index contributed by atoms with van der Waals surface area (Å²) in [6, 6.07) is 7.68. The van der Waals surface area contributed by atoms with E-state index in [9.17, 15) is 14.4 Å². The van der Waals surface area contributed by atoms with Crippen LogP contribution in [0.25, 0.3) is 0 Å². The van der Waals surface area contributed by atoms with Crippen molar-refractivity contribution in [3.8, 4) is 0 Å². The molecule has 1 atom stereocenters. The highest BCUT2D eigenvalue weighted by atomic mass is 16.5. The largest absolute Gasteiger partial charge is 0.456 e. The Bertz CT molecular complexity index is 1060. The number of ether oxygens (including phenoxy) is 1. The summed E-state index contributed by atoms with van der Waals surface area (Å²) in [6.07, 6.45) is 0.733. The average Bonchev–Trinajstić information content (AvgIpc) is 2.98. The second-order valence-corrected chi connectivity index (χ2v) is 6.61. The summed E-state index contributed by atoms with van der Waals surface area (Å²) in [5.74, 6) is -0.551. The van der Waals surface area contributed by atoms with E-state index < -0.39 is 23.1 Å². The van der Waals surface area contributed by atoms with Gasteiger partial charge in [-0.1, -0.05) is 36.8 Å². The first-order valence-electron chi connectivity index (χ1n) is 8.62. The number of aromatic amines is 1. The van der Waals surface area contributed by atoms with Crippen molar-refractivity contribution in [2.24, 2.45) is 0 Å². The quantitative estimate of drug-likeness (QED) is 0.818. The zero-order chi connectivity index (χ0) is 18.4. The fraction of sp³-hybridized carbons (Fsp3) is 0.316. The molecule has 0 saturated carbocycles. The number of hydrogen-bond donors (Lipinski definition) is 2. The highest BCUT2D eigenvalue weighted by Gasteiger charge is 2.41. The molecule has 1 unspecified atom stereocenters. The number of aromatic nitrogens is 2. The Morgan fingerprint density at radius 3 is 2.81 bits per heavy atom. The molecule has 2 aliphatic rings. The second kappa shape index (κ2) is 6.01. The number of fused-ring (bicyclic) bond motifs is 1. The molecule has 1 aromatic carbocycles. The van der Waals surface area contributed by atoms with Gasteiger partial charge in [-0.2, -0.15) is 0 Å². The van der Waals surface area contributed by atoms with Crippen LogP contribution in [-0.2, 0) is 16.1 Å². The highest BCUT2D eigenvalue weighted by molar-refractivity contribution is 5.96. The average molecular weight is 353 g/mol. The summed E-state index contributed by atoms with van der Waals surface area (Å²) in [5, 5.41) is 3.12. The van der Waals surface area contributed by atoms with Gasteiger partial charge in [-0.05, 0) is 18.9 Å². The van der Waals surface area contributed by atoms with Crippen molar-refractivity contribution in [1.82, 2.24) is 9.55 Å². The van der Waals surface area contributed by atoms with Gasteiger partial charge in [0, 0.05) is 6.54 Å². The number of carbonyl (C=O) groups is 1. The van der Waals surface area contributed by atoms with E-state index in [1.165, 1.54) is 4.57 Å². The van der Waals surface area contributed by atoms with Crippen molar-refractivity contribution >= 4 is 11.8 Å². The summed E-state index contributed by atoms with van der Waals surface area (Å²) < 4.78 is 6.73. The highest BCUT2D eigenvalue weighted by Crippen LogP contribution is 2.42. The summed E-state index contributed by atoms with van der Waals surface area (Å²) in [7, 11) is 0. The van der Waals surface area contributed by atoms with E-state index in [1.54, 1.807) is 0 Å². The third kappa shape index (κ3) is 2.39. The summed E-state index contributed by atoms with van der Waals surface area (Å²) >= 11 is 0. The van der Waals surface area contributed by atoms with Crippen LogP contribution in [0, 0.1) is 6.92 Å². The maximum atomic E-state index is 12.7. The summed E-state index contributed by atoms with van der Waals surface area (Å²) in [5.41, 5.74) is 2.34. The van der Waals surface area contributed by atoms with Crippen molar-refractivity contribution in [3.05, 3.63) is 73.1 Å². The molecule has 0 radical (unpaired) electrons. The molecule has 0 saturated heterocycles. The van der Waals surface area contributed by atoms with E-state index in [4.69, 9.17) is 4.74 Å². The molecule has 2 aromatic rings. The Morgan fingerprint density at radius 2 is 2.08 bits per heavy atom. The minimum atomic E-state index is -0.566. The van der Waals surface area contributed by atoms with E-state index in [2.05, 4.69) is 10.3 Å². The number of hydrogen-bond acceptors (Lipinski definition) is 5. The van der Waals surface area contributed by atoms with Crippen LogP contribution in [0.3, 0.4) is 0 Å². The molecule has 134 valence electrons. The molecule has 0 fully saturated rings. The van der Waals surface area contributed by atoms with Crippen molar-refractivity contribution in [3.63, 3.8) is 0 Å². The van der Waals surface area contributed by atoms with Gasteiger partial charge in [-0.3, -0.25) is 14.3 Å². The van der Waals surface area contributed by atoms with Gasteiger partial charge in [0.25, 0.3) is 5.56 Å². The van der Waals surface area contributed by atoms with Gasteiger partial charge in [0.1, 0.15) is 12.4 Å². The lowest BCUT2D eigenvalue weighted by Crippen LogP contribution is -2.38. The molecule has 4 rings (SSSR count). The van der Waals surface area contributed by atoms with Gasteiger partial charge >= 0.3 is 11.7 Å². The van der Waals surface area contributed by atoms with Crippen molar-refractivity contribution in [2.75, 3.05) is 11.9 Å². The van der Waals surface area contributed by atoms with Crippen LogP contribution in [0.2, 0.25) is 0 Å². The fourth-order valence-electron chi connectivity index (χ4n) is 3.71. The molecular weight excluding hydrogens is 334 g/mol. The number of nitrogens with one attached hydrogen (secondary N) is 2. The third-order valence-corrected chi connectivity index (χ3v) is 4.80. The second-order valence-electron chi connectivity index (χ2n) is 6.61. The van der Waals surface area contributed by atoms with E-state index in [1.807, 2.05) is 38.1 Å². The zero-order valence-corrected chi connectivity index (χ0v) is 14.6. The smallest absolute Gasteiger partial charge is 0.337 e. The number of rotatable bonds is 3. The number of nitrogens with zero attached hydrogens (tertiary/aromatic N) is 1. The van der Waals surface area contributed by atoms with Gasteiger partial charge in [0.2, 0.25) is 0 Å². The molecule has 7 nitrogen and oxygen atoms in total. The van der Waals surface area contributed by atoms with Crippen molar-refractivity contribution in [1.29, 1.82) is 0 Å². The molecule has 26 heavy (non-hydrogen) atoms. The van der Waals surface area contributed by atoms with Crippen molar-refractivity contribution in [2.45, 2.75) is 32.7 Å². The SMILES string of the molecule is CCCn1c2c(c(=O)[nH]c1=O)C(c1cccc(C)c1)C1=C(COC1=O)N2. The Kier molecular flexibility index (Phi) is 3.79. The lowest BCUT2D eigenvalue weighted by atomic mass is 9.82. The minimum Gasteiger partial charge on any atom is -0.456 e. The van der Waals surface area contributed by atoms with Crippen LogP contribution in [0.1, 0.15) is 36.0 Å². The Balaban J connectivity index is 2.04. The molecular formula is C19H19N3O4. The normalized spacial score (nSPS) is 18.2. The molecule has 2 aliphatic heterocycles. The van der Waals surface area contributed by atoms with Crippen LogP contribution in [0.15, 0.2) is 45.1 Å². The predicted octanol–water partition coefficient (Wildman–Crippen LogP) is 1.62. The topological polar surface area (TPSA) is 93.2 Å². The lowest BCUT2D eigenvalue weighted by molar-refractivity contribution is -0.136. The van der Waals surface area contributed by atoms with E-state index >= 15 is 0 Å². The number of carbonyl (C=O) groups excluding carboxylic acids is 1. The van der Waals surface area contributed by atoms with Crippen molar-refractivity contribution < 1.29 is 9.53 Å². The van der Waals surface area contributed by atoms with Crippen LogP contribution in [-0.4, -0.2) is 22.1 Å². The molecule has 3 heterocycles. The molecule has 2 N–H and O–H groups in total. The Morgan fingerprint density at radius 1 is 1.27 bits per heavy atom. The first kappa shape index (κ1) is 16.4. The number of H-pyrrole nitrogens is 1. The fourth-order valence-corrected chi connectivity index (χ4v) is 3.71. The summed E-state index contributed by atoms with van der Waals surface area (Å²) in [6.45, 7) is 4.49. The van der Waals surface area contributed by atoms with Crippen LogP contribution in [0.5, 0.6) is 0 Å². The Labute approximate surface area is 149 Å². The molecule has 0 aliphatic carbocycles. The maximum absolute atomic E-state index is 12.7. The van der Waals surface area contributed by atoms with Crippen LogP contribution < -0.4 is 16.6 Å². The monoisotopic (exact) mass is 353 g/mol. The molecule has 7 heteroatoms. The zero-order valence-electron chi connectivity index (χ0n) is 14.6. The molecule has 0 bridgehead atoms. The Hall–Kier alpha value is -3.09. The number of cyclic esters (lactones) is 1. The van der Waals surface area contributed by atoms with E-state index in [0.29, 0.717) is 29.2 Å². The molecule has 0 spiro atoms. The molecule has 0 amide bonds. The van der Waals surface area contributed by atoms with Gasteiger partial charge in [0.15, 0.2) is 0 Å². The lowest BCUT2D eigenvalue weighted by Gasteiger charge is -2.28. The van der Waals surface area contributed by atoms with Gasteiger partial charge in [-0.25, -0.2) is 9.59 Å². The number of esters is 1. The maximum Gasteiger partial charge on any atom is 0.337 e. The van der Waals surface area contributed by atoms with E-state index in [0.717, 1.165) is 17.5 Å². The summed E-state index contributed by atoms with van der Waals surface area (Å²) in [4.78, 5) is 39.8. The molecule has 1 aromatic heterocycles. The predicted molar refractivity (Wildman–Crippen MR) is 96.2 cm³/mol. The number of anilines is 1. The third-order valence-electron chi connectivity index (χ3n) is 4.80. The standard InChI is InChI=1S/C19H19N3O4/c1-3-7-22-16-15(17(23)21-19(22)25)13(11-6-4-5-10(2)8-11)14-12(20-16)9-26-18(14)24/h4-6,8,13,20H,3,7,9H2,1-2H3,(H,21,23,25). The number of aryl methyl sites for hydroxylation is 1. The van der Waals surface area contributed by atoms with Gasteiger partial charge in [-0.15, -0.1) is 0 Å². The van der Waals surface area contributed by atoms with Gasteiger partial charge < -0.3 is 10.1 Å².